The second kappa shape index (κ2) is 17.8. The molecular formula is C46H36N6O4S2. The van der Waals surface area contributed by atoms with E-state index in [9.17, 15) is 14.7 Å². The SMILES string of the molecule is O=C(NCCc1ccccn1)c1ccccc1-c1cnc(-c2ccccc2Oc2cccc(CCNC(=O)c3ccccc3-c3ncc(-c4ccccc4O)s3)n2)s1. The molecule has 3 N–H and O–H groups in total. The number of aromatic hydroxyl groups is 1. The number of nitrogens with zero attached hydrogens (tertiary/aromatic N) is 4. The molecule has 4 heterocycles. The van der Waals surface area contributed by atoms with Crippen LogP contribution in [0, 0.1) is 0 Å². The summed E-state index contributed by atoms with van der Waals surface area (Å²) in [5, 5.41) is 17.8. The van der Waals surface area contributed by atoms with Crippen LogP contribution in [0.25, 0.3) is 42.0 Å². The van der Waals surface area contributed by atoms with Crippen molar-refractivity contribution in [2.24, 2.45) is 0 Å². The number of phenols is 1. The Morgan fingerprint density at radius 2 is 1.10 bits per heavy atom. The van der Waals surface area contributed by atoms with E-state index in [4.69, 9.17) is 14.7 Å². The predicted molar refractivity (Wildman–Crippen MR) is 228 cm³/mol. The monoisotopic (exact) mass is 800 g/mol. The highest BCUT2D eigenvalue weighted by Crippen LogP contribution is 2.40. The van der Waals surface area contributed by atoms with Crippen molar-refractivity contribution >= 4 is 34.5 Å². The third kappa shape index (κ3) is 8.83. The molecule has 0 spiro atoms. The van der Waals surface area contributed by atoms with Gasteiger partial charge in [-0.05, 0) is 54.6 Å². The molecule has 0 radical (unpaired) electrons. The number of thiazole rings is 2. The highest BCUT2D eigenvalue weighted by Gasteiger charge is 2.19. The largest absolute Gasteiger partial charge is 0.507 e. The van der Waals surface area contributed by atoms with Crippen molar-refractivity contribution in [2.75, 3.05) is 13.1 Å². The van der Waals surface area contributed by atoms with Gasteiger partial charge in [-0.2, -0.15) is 0 Å². The lowest BCUT2D eigenvalue weighted by atomic mass is 10.1. The van der Waals surface area contributed by atoms with E-state index in [2.05, 4.69) is 20.6 Å². The summed E-state index contributed by atoms with van der Waals surface area (Å²) in [5.74, 6) is 0.806. The molecule has 58 heavy (non-hydrogen) atoms. The first-order valence-corrected chi connectivity index (χ1v) is 20.2. The molecule has 8 aromatic rings. The van der Waals surface area contributed by atoms with Crippen LogP contribution >= 0.6 is 22.7 Å². The van der Waals surface area contributed by atoms with E-state index in [-0.39, 0.29) is 17.6 Å². The number of carbonyl (C=O) groups is 2. The lowest BCUT2D eigenvalue weighted by Gasteiger charge is -2.11. The normalized spacial score (nSPS) is 10.9. The van der Waals surface area contributed by atoms with Crippen molar-refractivity contribution in [3.8, 4) is 59.4 Å². The molecule has 286 valence electrons. The van der Waals surface area contributed by atoms with Gasteiger partial charge in [0.25, 0.3) is 11.8 Å². The van der Waals surface area contributed by atoms with E-state index >= 15 is 0 Å². The number of hydrogen-bond donors (Lipinski definition) is 3. The van der Waals surface area contributed by atoms with Crippen LogP contribution in [-0.2, 0) is 12.8 Å². The number of amides is 2. The first-order valence-electron chi connectivity index (χ1n) is 18.6. The van der Waals surface area contributed by atoms with Crippen LogP contribution in [-0.4, -0.2) is 49.9 Å². The summed E-state index contributed by atoms with van der Waals surface area (Å²) in [6, 6.07) is 41.0. The van der Waals surface area contributed by atoms with Crippen LogP contribution in [0.5, 0.6) is 17.4 Å². The molecule has 0 atom stereocenters. The van der Waals surface area contributed by atoms with Gasteiger partial charge in [-0.1, -0.05) is 72.8 Å². The van der Waals surface area contributed by atoms with E-state index in [1.54, 1.807) is 42.9 Å². The van der Waals surface area contributed by atoms with Gasteiger partial charge >= 0.3 is 0 Å². The molecule has 0 aliphatic heterocycles. The first-order chi connectivity index (χ1) is 28.5. The number of ether oxygens (including phenoxy) is 1. The second-order valence-electron chi connectivity index (χ2n) is 13.1. The molecule has 0 bridgehead atoms. The Kier molecular flexibility index (Phi) is 11.7. The van der Waals surface area contributed by atoms with Crippen molar-refractivity contribution < 1.29 is 19.4 Å². The molecule has 0 fully saturated rings. The number of pyridine rings is 2. The summed E-state index contributed by atoms with van der Waals surface area (Å²) < 4.78 is 6.34. The molecular weight excluding hydrogens is 765 g/mol. The lowest BCUT2D eigenvalue weighted by molar-refractivity contribution is 0.0946. The maximum Gasteiger partial charge on any atom is 0.252 e. The van der Waals surface area contributed by atoms with Gasteiger partial charge in [0.05, 0.1) is 15.3 Å². The van der Waals surface area contributed by atoms with Gasteiger partial charge < -0.3 is 20.5 Å². The smallest absolute Gasteiger partial charge is 0.252 e. The van der Waals surface area contributed by atoms with E-state index in [0.717, 1.165) is 37.3 Å². The highest BCUT2D eigenvalue weighted by atomic mass is 32.1. The average Bonchev–Trinajstić information content (AvgIpc) is 3.96. The maximum absolute atomic E-state index is 13.4. The molecule has 12 heteroatoms. The number of rotatable bonds is 14. The van der Waals surface area contributed by atoms with E-state index in [1.807, 2.05) is 109 Å². The Labute approximate surface area is 343 Å². The van der Waals surface area contributed by atoms with Crippen molar-refractivity contribution in [3.63, 3.8) is 0 Å². The molecule has 0 aliphatic carbocycles. The van der Waals surface area contributed by atoms with Crippen LogP contribution in [0.4, 0.5) is 0 Å². The Morgan fingerprint density at radius 1 is 0.552 bits per heavy atom. The summed E-state index contributed by atoms with van der Waals surface area (Å²) in [5.41, 5.74) is 5.76. The van der Waals surface area contributed by atoms with Gasteiger partial charge in [0.15, 0.2) is 0 Å². The highest BCUT2D eigenvalue weighted by molar-refractivity contribution is 7.18. The summed E-state index contributed by atoms with van der Waals surface area (Å²) >= 11 is 2.89. The van der Waals surface area contributed by atoms with Gasteiger partial charge in [-0.25, -0.2) is 15.0 Å². The Balaban J connectivity index is 0.911. The summed E-state index contributed by atoms with van der Waals surface area (Å²) in [6.07, 6.45) is 6.37. The minimum atomic E-state index is -0.220. The van der Waals surface area contributed by atoms with E-state index < -0.39 is 0 Å². The predicted octanol–water partition coefficient (Wildman–Crippen LogP) is 9.50. The molecule has 0 saturated carbocycles. The van der Waals surface area contributed by atoms with Crippen LogP contribution < -0.4 is 15.4 Å². The first kappa shape index (κ1) is 37.9. The van der Waals surface area contributed by atoms with Crippen molar-refractivity contribution in [1.29, 1.82) is 0 Å². The Morgan fingerprint density at radius 3 is 1.81 bits per heavy atom. The third-order valence-electron chi connectivity index (χ3n) is 9.19. The quantitative estimate of drug-likeness (QED) is 0.0989. The molecule has 8 rings (SSSR count). The molecule has 0 saturated heterocycles. The number of para-hydroxylation sites is 2. The number of hydrogen-bond acceptors (Lipinski definition) is 10. The van der Waals surface area contributed by atoms with Crippen LogP contribution in [0.1, 0.15) is 32.1 Å². The fourth-order valence-electron chi connectivity index (χ4n) is 6.34. The van der Waals surface area contributed by atoms with Crippen LogP contribution in [0.3, 0.4) is 0 Å². The summed E-state index contributed by atoms with van der Waals surface area (Å²) in [6.45, 7) is 0.826. The topological polar surface area (TPSA) is 139 Å². The fourth-order valence-corrected chi connectivity index (χ4v) is 8.31. The van der Waals surface area contributed by atoms with Crippen LogP contribution in [0.2, 0.25) is 0 Å². The molecule has 4 aromatic heterocycles. The Hall–Kier alpha value is -7.02. The molecule has 4 aromatic carbocycles. The zero-order valence-electron chi connectivity index (χ0n) is 31.0. The number of benzene rings is 4. The number of phenolic OH excluding ortho intramolecular Hbond substituents is 1. The molecule has 0 aliphatic rings. The van der Waals surface area contributed by atoms with Crippen molar-refractivity contribution in [1.82, 2.24) is 30.6 Å². The third-order valence-corrected chi connectivity index (χ3v) is 11.3. The van der Waals surface area contributed by atoms with Crippen molar-refractivity contribution in [2.45, 2.75) is 12.8 Å². The van der Waals surface area contributed by atoms with E-state index in [1.165, 1.54) is 22.7 Å². The van der Waals surface area contributed by atoms with Gasteiger partial charge in [-0.15, -0.1) is 22.7 Å². The molecule has 0 unspecified atom stereocenters. The average molecular weight is 801 g/mol. The van der Waals surface area contributed by atoms with Gasteiger partial charge in [-0.3, -0.25) is 14.6 Å². The molecule has 2 amide bonds. The second-order valence-corrected chi connectivity index (χ2v) is 15.1. The molecule has 10 nitrogen and oxygen atoms in total. The number of carbonyl (C=O) groups excluding carboxylic acids is 2. The van der Waals surface area contributed by atoms with Gasteiger partial charge in [0, 0.05) is 89.8 Å². The maximum atomic E-state index is 13.4. The number of nitrogens with one attached hydrogen (secondary N) is 2. The fraction of sp³-hybridized carbons (Fsp3) is 0.0870. The van der Waals surface area contributed by atoms with Crippen LogP contribution in [0.15, 0.2) is 152 Å². The van der Waals surface area contributed by atoms with Crippen molar-refractivity contribution in [3.05, 3.63) is 175 Å². The number of aromatic nitrogens is 4. The summed E-state index contributed by atoms with van der Waals surface area (Å²) in [4.78, 5) is 46.7. The Bertz CT molecular complexity index is 2700. The van der Waals surface area contributed by atoms with Gasteiger partial charge in [0.1, 0.15) is 21.5 Å². The lowest BCUT2D eigenvalue weighted by Crippen LogP contribution is -2.26. The standard InChI is InChI=1S/C46H36N6O4S2/c53-38-20-7-5-18-36(38)41-29-50-45(58-41)35-17-4-3-16-34(35)44(55)49-27-24-31-13-11-22-42(52-31)56-39-21-8-6-19-37(39)46-51-28-40(57-46)32-14-1-2-15-33(32)43(54)48-26-23-30-12-9-10-25-47-30/h1-22,25,28-29,53H,23-24,26-27H2,(H,48,54)(H,49,55). The zero-order chi connectivity index (χ0) is 39.7. The van der Waals surface area contributed by atoms with Gasteiger partial charge in [0.2, 0.25) is 5.88 Å². The minimum Gasteiger partial charge on any atom is -0.507 e. The van der Waals surface area contributed by atoms with E-state index in [0.29, 0.717) is 64.8 Å². The zero-order valence-corrected chi connectivity index (χ0v) is 32.7. The summed E-state index contributed by atoms with van der Waals surface area (Å²) in [7, 11) is 0. The minimum absolute atomic E-state index is 0.156.